The van der Waals surface area contributed by atoms with Crippen LogP contribution in [-0.2, 0) is 0 Å². The highest BCUT2D eigenvalue weighted by atomic mass is 35.5. The van der Waals surface area contributed by atoms with Crippen molar-refractivity contribution in [3.8, 4) is 0 Å². The third kappa shape index (κ3) is 10.7. The molecule has 0 N–H and O–H groups in total. The maximum atomic E-state index is 3.51. The van der Waals surface area contributed by atoms with Crippen molar-refractivity contribution in [2.24, 2.45) is 0 Å². The summed E-state index contributed by atoms with van der Waals surface area (Å²) in [5.74, 6) is 0. The number of rotatable bonds is 2. The molecule has 0 aliphatic heterocycles. The SMILES string of the molecule is C=C/C=C/CC.Cl. The molecular weight excluding hydrogens is 108 g/mol. The minimum Gasteiger partial charge on any atom is -0.147 e. The molecule has 0 spiro atoms. The van der Waals surface area contributed by atoms with Crippen LogP contribution in [-0.4, -0.2) is 0 Å². The minimum atomic E-state index is 0. The fourth-order valence-electron chi connectivity index (χ4n) is 0.232. The summed E-state index contributed by atoms with van der Waals surface area (Å²) in [6.07, 6.45) is 6.89. The van der Waals surface area contributed by atoms with Crippen LogP contribution in [0.2, 0.25) is 0 Å². The first kappa shape index (κ1) is 9.91. The van der Waals surface area contributed by atoms with Gasteiger partial charge < -0.3 is 0 Å². The van der Waals surface area contributed by atoms with Crippen molar-refractivity contribution in [3.63, 3.8) is 0 Å². The van der Waals surface area contributed by atoms with E-state index in [0.717, 1.165) is 6.42 Å². The van der Waals surface area contributed by atoms with Gasteiger partial charge in [-0.05, 0) is 6.42 Å². The lowest BCUT2D eigenvalue weighted by atomic mass is 10.4. The minimum absolute atomic E-state index is 0. The van der Waals surface area contributed by atoms with Crippen LogP contribution in [0, 0.1) is 0 Å². The Morgan fingerprint density at radius 3 is 2.29 bits per heavy atom. The highest BCUT2D eigenvalue weighted by molar-refractivity contribution is 5.85. The second kappa shape index (κ2) is 9.24. The molecule has 0 radical (unpaired) electrons. The Morgan fingerprint density at radius 1 is 1.57 bits per heavy atom. The van der Waals surface area contributed by atoms with Gasteiger partial charge in [0.15, 0.2) is 0 Å². The van der Waals surface area contributed by atoms with Crippen molar-refractivity contribution in [3.05, 3.63) is 24.8 Å². The second-order valence-electron chi connectivity index (χ2n) is 1.07. The summed E-state index contributed by atoms with van der Waals surface area (Å²) in [5.41, 5.74) is 0. The van der Waals surface area contributed by atoms with E-state index in [0.29, 0.717) is 0 Å². The van der Waals surface area contributed by atoms with Gasteiger partial charge in [-0.3, -0.25) is 0 Å². The van der Waals surface area contributed by atoms with Crippen molar-refractivity contribution in [2.45, 2.75) is 13.3 Å². The zero-order valence-electron chi connectivity index (χ0n) is 4.55. The first-order chi connectivity index (χ1) is 2.91. The van der Waals surface area contributed by atoms with Crippen molar-refractivity contribution < 1.29 is 0 Å². The number of hydrogen-bond acceptors (Lipinski definition) is 0. The maximum absolute atomic E-state index is 3.51. The average molecular weight is 119 g/mol. The zero-order valence-corrected chi connectivity index (χ0v) is 5.37. The van der Waals surface area contributed by atoms with Gasteiger partial charge in [0.25, 0.3) is 0 Å². The van der Waals surface area contributed by atoms with Crippen LogP contribution < -0.4 is 0 Å². The average Bonchev–Trinajstić information content (AvgIpc) is 1.61. The molecule has 0 atom stereocenters. The van der Waals surface area contributed by atoms with Crippen molar-refractivity contribution in [1.82, 2.24) is 0 Å². The molecular formula is C6H11Cl. The molecule has 0 nitrogen and oxygen atoms in total. The van der Waals surface area contributed by atoms with Crippen LogP contribution in [0.25, 0.3) is 0 Å². The largest absolute Gasteiger partial charge is 0.147 e. The Kier molecular flexibility index (Phi) is 13.1. The quantitative estimate of drug-likeness (QED) is 0.489. The lowest BCUT2D eigenvalue weighted by molar-refractivity contribution is 1.22. The van der Waals surface area contributed by atoms with Crippen LogP contribution in [0.5, 0.6) is 0 Å². The second-order valence-corrected chi connectivity index (χ2v) is 1.07. The fourth-order valence-corrected chi connectivity index (χ4v) is 0.232. The van der Waals surface area contributed by atoms with Gasteiger partial charge in [0, 0.05) is 0 Å². The predicted molar refractivity (Wildman–Crippen MR) is 36.9 cm³/mol. The van der Waals surface area contributed by atoms with Crippen LogP contribution in [0.1, 0.15) is 13.3 Å². The highest BCUT2D eigenvalue weighted by Crippen LogP contribution is 1.76. The van der Waals surface area contributed by atoms with Crippen LogP contribution in [0.4, 0.5) is 0 Å². The van der Waals surface area contributed by atoms with Gasteiger partial charge in [-0.2, -0.15) is 0 Å². The molecule has 0 saturated carbocycles. The van der Waals surface area contributed by atoms with Gasteiger partial charge in [-0.1, -0.05) is 31.7 Å². The van der Waals surface area contributed by atoms with Gasteiger partial charge in [-0.15, -0.1) is 12.4 Å². The predicted octanol–water partition coefficient (Wildman–Crippen LogP) is 2.56. The van der Waals surface area contributed by atoms with E-state index in [2.05, 4.69) is 19.6 Å². The Hall–Kier alpha value is -0.230. The molecule has 0 heterocycles. The van der Waals surface area contributed by atoms with E-state index >= 15 is 0 Å². The zero-order chi connectivity index (χ0) is 4.83. The monoisotopic (exact) mass is 118 g/mol. The van der Waals surface area contributed by atoms with Crippen molar-refractivity contribution in [2.75, 3.05) is 0 Å². The third-order valence-electron chi connectivity index (χ3n) is 0.508. The molecule has 0 aliphatic rings. The molecule has 0 aliphatic carbocycles. The molecule has 0 amide bonds. The standard InChI is InChI=1S/C6H10.ClH/c1-3-5-6-4-2;/h3,5-6H,1,4H2,2H3;1H/b6-5+;. The fraction of sp³-hybridized carbons (Fsp3) is 0.333. The van der Waals surface area contributed by atoms with Crippen molar-refractivity contribution >= 4 is 12.4 Å². The molecule has 0 saturated heterocycles. The van der Waals surface area contributed by atoms with Crippen LogP contribution in [0.15, 0.2) is 24.8 Å². The summed E-state index contributed by atoms with van der Waals surface area (Å²) in [6, 6.07) is 0. The molecule has 0 fully saturated rings. The van der Waals surface area contributed by atoms with Gasteiger partial charge in [-0.25, -0.2) is 0 Å². The van der Waals surface area contributed by atoms with E-state index in [1.54, 1.807) is 6.08 Å². The smallest absolute Gasteiger partial charge is 0.0376 e. The molecule has 0 unspecified atom stereocenters. The summed E-state index contributed by atoms with van der Waals surface area (Å²) in [7, 11) is 0. The van der Waals surface area contributed by atoms with Gasteiger partial charge in [0.1, 0.15) is 0 Å². The van der Waals surface area contributed by atoms with E-state index in [1.807, 2.05) is 6.08 Å². The molecule has 0 aromatic carbocycles. The summed E-state index contributed by atoms with van der Waals surface area (Å²) in [5, 5.41) is 0. The molecule has 1 heteroatoms. The Labute approximate surface area is 51.3 Å². The normalized spacial score (nSPS) is 8.14. The van der Waals surface area contributed by atoms with E-state index in [1.165, 1.54) is 0 Å². The van der Waals surface area contributed by atoms with E-state index in [9.17, 15) is 0 Å². The molecule has 0 aromatic rings. The lowest BCUT2D eigenvalue weighted by Gasteiger charge is -1.67. The molecule has 0 rings (SSSR count). The first-order valence-corrected chi connectivity index (χ1v) is 2.19. The Bertz CT molecular complexity index is 55.2. The van der Waals surface area contributed by atoms with Crippen LogP contribution in [0.3, 0.4) is 0 Å². The maximum Gasteiger partial charge on any atom is -0.0376 e. The highest BCUT2D eigenvalue weighted by Gasteiger charge is 1.55. The van der Waals surface area contributed by atoms with E-state index in [4.69, 9.17) is 0 Å². The molecule has 0 bridgehead atoms. The van der Waals surface area contributed by atoms with E-state index < -0.39 is 0 Å². The van der Waals surface area contributed by atoms with Gasteiger partial charge >= 0.3 is 0 Å². The topological polar surface area (TPSA) is 0 Å². The summed E-state index contributed by atoms with van der Waals surface area (Å²) < 4.78 is 0. The van der Waals surface area contributed by atoms with Crippen molar-refractivity contribution in [1.29, 1.82) is 0 Å². The molecule has 42 valence electrons. The summed E-state index contributed by atoms with van der Waals surface area (Å²) >= 11 is 0. The van der Waals surface area contributed by atoms with E-state index in [-0.39, 0.29) is 12.4 Å². The Morgan fingerprint density at radius 2 is 2.14 bits per heavy atom. The summed E-state index contributed by atoms with van der Waals surface area (Å²) in [4.78, 5) is 0. The molecule has 0 aromatic heterocycles. The third-order valence-corrected chi connectivity index (χ3v) is 0.508. The van der Waals surface area contributed by atoms with Gasteiger partial charge in [0.05, 0.1) is 0 Å². The number of allylic oxidation sites excluding steroid dienone is 3. The lowest BCUT2D eigenvalue weighted by Crippen LogP contribution is -1.46. The number of halogens is 1. The summed E-state index contributed by atoms with van der Waals surface area (Å²) in [6.45, 7) is 5.61. The number of hydrogen-bond donors (Lipinski definition) is 0. The Balaban J connectivity index is 0. The van der Waals surface area contributed by atoms with Crippen LogP contribution >= 0.6 is 12.4 Å². The van der Waals surface area contributed by atoms with Gasteiger partial charge in [0.2, 0.25) is 0 Å². The first-order valence-electron chi connectivity index (χ1n) is 2.19. The molecule has 7 heavy (non-hydrogen) atoms.